The van der Waals surface area contributed by atoms with E-state index in [4.69, 9.17) is 5.73 Å². The van der Waals surface area contributed by atoms with Gasteiger partial charge in [-0.15, -0.1) is 0 Å². The molecule has 0 unspecified atom stereocenters. The molecule has 0 amide bonds. The first-order valence-electron chi connectivity index (χ1n) is 5.70. The first-order valence-corrected chi connectivity index (χ1v) is 5.70. The molecule has 1 aromatic heterocycles. The van der Waals surface area contributed by atoms with Crippen LogP contribution in [0.1, 0.15) is 39.7 Å². The van der Waals surface area contributed by atoms with E-state index in [9.17, 15) is 0 Å². The molecule has 0 spiro atoms. The summed E-state index contributed by atoms with van der Waals surface area (Å²) < 4.78 is 0. The summed E-state index contributed by atoms with van der Waals surface area (Å²) in [4.78, 5) is 8.19. The fraction of sp³-hybridized carbons (Fsp3) is 0.667. The third-order valence-electron chi connectivity index (χ3n) is 2.75. The molecule has 90 valence electrons. The van der Waals surface area contributed by atoms with Crippen molar-refractivity contribution in [2.24, 2.45) is 5.41 Å². The summed E-state index contributed by atoms with van der Waals surface area (Å²) in [5, 5.41) is 3.45. The van der Waals surface area contributed by atoms with Gasteiger partial charge in [0, 0.05) is 17.8 Å². The van der Waals surface area contributed by atoms with Crippen LogP contribution in [0.4, 0.5) is 11.8 Å². The topological polar surface area (TPSA) is 63.8 Å². The lowest BCUT2D eigenvalue weighted by molar-refractivity contribution is 0.333. The van der Waals surface area contributed by atoms with Crippen LogP contribution in [0.15, 0.2) is 6.20 Å². The smallest absolute Gasteiger partial charge is 0.221 e. The summed E-state index contributed by atoms with van der Waals surface area (Å²) in [5.74, 6) is 1.16. The van der Waals surface area contributed by atoms with Crippen molar-refractivity contribution in [1.29, 1.82) is 0 Å². The van der Waals surface area contributed by atoms with Gasteiger partial charge in [0.2, 0.25) is 5.95 Å². The molecule has 1 heterocycles. The monoisotopic (exact) mass is 222 g/mol. The standard InChI is InChI=1S/C12H22N4/c1-6-9(12(3,4)5)15-10-8(2)7-14-11(13)16-10/h7,9H,6H2,1-5H3,(H3,13,14,15,16)/t9-/m1/s1. The molecule has 0 aliphatic carbocycles. The van der Waals surface area contributed by atoms with Gasteiger partial charge in [-0.25, -0.2) is 4.98 Å². The van der Waals surface area contributed by atoms with Gasteiger partial charge in [0.05, 0.1) is 0 Å². The van der Waals surface area contributed by atoms with Crippen molar-refractivity contribution in [2.45, 2.75) is 47.1 Å². The molecule has 4 heteroatoms. The highest BCUT2D eigenvalue weighted by molar-refractivity contribution is 5.46. The maximum atomic E-state index is 5.59. The van der Waals surface area contributed by atoms with Gasteiger partial charge >= 0.3 is 0 Å². The van der Waals surface area contributed by atoms with Crippen molar-refractivity contribution < 1.29 is 0 Å². The number of aryl methyl sites for hydroxylation is 1. The Hall–Kier alpha value is -1.32. The van der Waals surface area contributed by atoms with E-state index in [1.54, 1.807) is 6.20 Å². The molecule has 4 nitrogen and oxygen atoms in total. The number of aromatic nitrogens is 2. The fourth-order valence-electron chi connectivity index (χ4n) is 1.70. The molecule has 0 fully saturated rings. The van der Waals surface area contributed by atoms with Gasteiger partial charge in [0.1, 0.15) is 5.82 Å². The van der Waals surface area contributed by atoms with Crippen molar-refractivity contribution >= 4 is 11.8 Å². The summed E-state index contributed by atoms with van der Waals surface area (Å²) in [7, 11) is 0. The minimum Gasteiger partial charge on any atom is -0.368 e. The largest absolute Gasteiger partial charge is 0.368 e. The molecule has 0 saturated carbocycles. The van der Waals surface area contributed by atoms with Gasteiger partial charge in [0.25, 0.3) is 0 Å². The first kappa shape index (κ1) is 12.7. The molecule has 0 aromatic carbocycles. The van der Waals surface area contributed by atoms with Gasteiger partial charge in [-0.3, -0.25) is 0 Å². The van der Waals surface area contributed by atoms with Gasteiger partial charge in [-0.2, -0.15) is 4.98 Å². The molecule has 1 rings (SSSR count). The molecule has 3 N–H and O–H groups in total. The van der Waals surface area contributed by atoms with E-state index in [1.165, 1.54) is 0 Å². The van der Waals surface area contributed by atoms with Crippen molar-refractivity contribution in [3.05, 3.63) is 11.8 Å². The van der Waals surface area contributed by atoms with Crippen LogP contribution in [0.5, 0.6) is 0 Å². The third-order valence-corrected chi connectivity index (χ3v) is 2.75. The molecule has 0 saturated heterocycles. The normalized spacial score (nSPS) is 13.6. The molecule has 0 aliphatic heterocycles. The van der Waals surface area contributed by atoms with E-state index in [-0.39, 0.29) is 5.41 Å². The van der Waals surface area contributed by atoms with Gasteiger partial charge < -0.3 is 11.1 Å². The van der Waals surface area contributed by atoms with Gasteiger partial charge in [-0.05, 0) is 18.8 Å². The van der Waals surface area contributed by atoms with E-state index < -0.39 is 0 Å². The quantitative estimate of drug-likeness (QED) is 0.825. The van der Waals surface area contributed by atoms with Gasteiger partial charge in [0.15, 0.2) is 0 Å². The van der Waals surface area contributed by atoms with Crippen LogP contribution < -0.4 is 11.1 Å². The van der Waals surface area contributed by atoms with E-state index >= 15 is 0 Å². The first-order chi connectivity index (χ1) is 7.34. The zero-order valence-corrected chi connectivity index (χ0v) is 10.8. The second-order valence-electron chi connectivity index (χ2n) is 5.23. The summed E-state index contributed by atoms with van der Waals surface area (Å²) in [6.45, 7) is 10.8. The Morgan fingerprint density at radius 3 is 2.56 bits per heavy atom. The summed E-state index contributed by atoms with van der Waals surface area (Å²) >= 11 is 0. The maximum absolute atomic E-state index is 5.59. The predicted molar refractivity (Wildman–Crippen MR) is 68.3 cm³/mol. The van der Waals surface area contributed by atoms with Crippen LogP contribution in [-0.4, -0.2) is 16.0 Å². The molecule has 0 radical (unpaired) electrons. The van der Waals surface area contributed by atoms with E-state index in [0.717, 1.165) is 17.8 Å². The Morgan fingerprint density at radius 1 is 1.44 bits per heavy atom. The van der Waals surface area contributed by atoms with Crippen molar-refractivity contribution in [3.63, 3.8) is 0 Å². The van der Waals surface area contributed by atoms with E-state index in [2.05, 4.69) is 43.0 Å². The molecule has 0 aliphatic rings. The Kier molecular flexibility index (Phi) is 3.73. The summed E-state index contributed by atoms with van der Waals surface area (Å²) in [6.07, 6.45) is 2.80. The maximum Gasteiger partial charge on any atom is 0.221 e. The van der Waals surface area contributed by atoms with E-state index in [1.807, 2.05) is 6.92 Å². The number of nitrogens with two attached hydrogens (primary N) is 1. The minimum atomic E-state index is 0.195. The van der Waals surface area contributed by atoms with Crippen molar-refractivity contribution in [3.8, 4) is 0 Å². The number of rotatable bonds is 3. The molecular formula is C12H22N4. The zero-order valence-electron chi connectivity index (χ0n) is 10.8. The Bertz CT molecular complexity index is 355. The lowest BCUT2D eigenvalue weighted by Gasteiger charge is -2.31. The van der Waals surface area contributed by atoms with Crippen LogP contribution in [0, 0.1) is 12.3 Å². The third kappa shape index (κ3) is 3.08. The molecular weight excluding hydrogens is 200 g/mol. The van der Waals surface area contributed by atoms with Crippen LogP contribution in [0.25, 0.3) is 0 Å². The van der Waals surface area contributed by atoms with Crippen LogP contribution in [-0.2, 0) is 0 Å². The number of nitrogens with one attached hydrogen (secondary N) is 1. The lowest BCUT2D eigenvalue weighted by Crippen LogP contribution is -2.34. The Balaban J connectivity index is 2.90. The predicted octanol–water partition coefficient (Wildman–Crippen LogP) is 2.60. The number of hydrogen-bond donors (Lipinski definition) is 2. The Labute approximate surface area is 97.7 Å². The average molecular weight is 222 g/mol. The van der Waals surface area contributed by atoms with E-state index in [0.29, 0.717) is 12.0 Å². The Morgan fingerprint density at radius 2 is 2.06 bits per heavy atom. The van der Waals surface area contributed by atoms with Crippen LogP contribution in [0.2, 0.25) is 0 Å². The van der Waals surface area contributed by atoms with Crippen molar-refractivity contribution in [2.75, 3.05) is 11.1 Å². The lowest BCUT2D eigenvalue weighted by atomic mass is 9.85. The number of nitrogen functional groups attached to an aromatic ring is 1. The fourth-order valence-corrected chi connectivity index (χ4v) is 1.70. The molecule has 1 atom stereocenters. The van der Waals surface area contributed by atoms with Crippen LogP contribution >= 0.6 is 0 Å². The second-order valence-corrected chi connectivity index (χ2v) is 5.23. The van der Waals surface area contributed by atoms with Crippen LogP contribution in [0.3, 0.4) is 0 Å². The highest BCUT2D eigenvalue weighted by Crippen LogP contribution is 2.25. The van der Waals surface area contributed by atoms with Gasteiger partial charge in [-0.1, -0.05) is 27.7 Å². The zero-order chi connectivity index (χ0) is 12.3. The number of anilines is 2. The molecule has 0 bridgehead atoms. The highest BCUT2D eigenvalue weighted by atomic mass is 15.1. The minimum absolute atomic E-state index is 0.195. The molecule has 1 aromatic rings. The second kappa shape index (κ2) is 4.68. The summed E-state index contributed by atoms with van der Waals surface area (Å²) in [6, 6.07) is 0.375. The summed E-state index contributed by atoms with van der Waals surface area (Å²) in [5.41, 5.74) is 6.81. The SMILES string of the molecule is CC[C@@H](Nc1nc(N)ncc1C)C(C)(C)C. The number of nitrogens with zero attached hydrogens (tertiary/aromatic N) is 2. The average Bonchev–Trinajstić information content (AvgIpc) is 2.17. The number of hydrogen-bond acceptors (Lipinski definition) is 4. The molecule has 16 heavy (non-hydrogen) atoms. The van der Waals surface area contributed by atoms with Crippen molar-refractivity contribution in [1.82, 2.24) is 9.97 Å². The highest BCUT2D eigenvalue weighted by Gasteiger charge is 2.23.